The molecule has 6 nitrogen and oxygen atoms in total. The van der Waals surface area contributed by atoms with Gasteiger partial charge in [0.15, 0.2) is 9.84 Å². The van der Waals surface area contributed by atoms with Gasteiger partial charge in [0.25, 0.3) is 0 Å². The molecule has 1 N–H and O–H groups in total. The molecule has 1 heterocycles. The first-order valence-corrected chi connectivity index (χ1v) is 10.0. The van der Waals surface area contributed by atoms with Gasteiger partial charge in [-0.25, -0.2) is 8.42 Å². The highest BCUT2D eigenvalue weighted by Crippen LogP contribution is 2.23. The number of carbonyl (C=O) groups is 1. The molecule has 0 aliphatic heterocycles. The summed E-state index contributed by atoms with van der Waals surface area (Å²) in [5, 5.41) is 2.61. The Hall–Kier alpha value is -1.84. The van der Waals surface area contributed by atoms with Gasteiger partial charge in [0.2, 0.25) is 5.91 Å². The zero-order valence-electron chi connectivity index (χ0n) is 12.5. The lowest BCUT2D eigenvalue weighted by molar-refractivity contribution is -0.113. The largest absolute Gasteiger partial charge is 0.325 e. The Labute approximate surface area is 151 Å². The number of nitrogens with zero attached hydrogens (tertiary/aromatic N) is 2. The van der Waals surface area contributed by atoms with E-state index in [0.29, 0.717) is 16.7 Å². The van der Waals surface area contributed by atoms with Gasteiger partial charge in [-0.15, -0.1) is 0 Å². The Balaban J connectivity index is 1.82. The summed E-state index contributed by atoms with van der Waals surface area (Å²) in [6, 6.07) is 9.97. The molecule has 0 atom stereocenters. The molecule has 1 amide bonds. The number of amides is 1. The van der Waals surface area contributed by atoms with Crippen molar-refractivity contribution in [3.8, 4) is 0 Å². The summed E-state index contributed by atoms with van der Waals surface area (Å²) in [5.74, 6) is -1.25. The smallest absolute Gasteiger partial charge is 0.239 e. The van der Waals surface area contributed by atoms with Gasteiger partial charge in [-0.1, -0.05) is 22.0 Å². The van der Waals surface area contributed by atoms with Crippen LogP contribution < -0.4 is 5.32 Å². The van der Waals surface area contributed by atoms with Crippen molar-refractivity contribution < 1.29 is 13.2 Å². The van der Waals surface area contributed by atoms with Gasteiger partial charge in [0, 0.05) is 10.2 Å². The molecule has 3 rings (SSSR count). The molecule has 2 aromatic carbocycles. The summed E-state index contributed by atoms with van der Waals surface area (Å²) >= 11 is 4.31. The van der Waals surface area contributed by atoms with Crippen LogP contribution in [0.1, 0.15) is 5.56 Å². The summed E-state index contributed by atoms with van der Waals surface area (Å²) in [7, 11) is -3.81. The number of hydrogen-bond donors (Lipinski definition) is 1. The van der Waals surface area contributed by atoms with Gasteiger partial charge in [-0.3, -0.25) is 4.79 Å². The molecule has 0 saturated carbocycles. The quantitative estimate of drug-likeness (QED) is 0.692. The zero-order valence-corrected chi connectivity index (χ0v) is 15.7. The molecule has 0 bridgehead atoms. The van der Waals surface area contributed by atoms with Crippen molar-refractivity contribution in [2.24, 2.45) is 0 Å². The molecule has 0 fully saturated rings. The monoisotopic (exact) mass is 425 g/mol. The van der Waals surface area contributed by atoms with E-state index in [1.807, 2.05) is 6.92 Å². The van der Waals surface area contributed by atoms with Gasteiger partial charge in [0.05, 0.1) is 16.6 Å². The van der Waals surface area contributed by atoms with Gasteiger partial charge in [-0.05, 0) is 42.8 Å². The van der Waals surface area contributed by atoms with Crippen molar-refractivity contribution in [2.45, 2.75) is 11.8 Å². The fourth-order valence-corrected chi connectivity index (χ4v) is 4.36. The number of benzene rings is 2. The number of nitrogens with one attached hydrogen (secondary N) is 1. The molecule has 1 aromatic heterocycles. The Kier molecular flexibility index (Phi) is 4.66. The molecule has 3 aromatic rings. The number of rotatable bonds is 4. The summed E-state index contributed by atoms with van der Waals surface area (Å²) < 4.78 is 34.0. The third-order valence-electron chi connectivity index (χ3n) is 3.35. The van der Waals surface area contributed by atoms with Crippen molar-refractivity contribution >= 4 is 60.1 Å². The van der Waals surface area contributed by atoms with Crippen molar-refractivity contribution in [3.63, 3.8) is 0 Å². The number of fused-ring (bicyclic) bond motifs is 1. The second-order valence-electron chi connectivity index (χ2n) is 5.16. The van der Waals surface area contributed by atoms with Crippen LogP contribution in [0.3, 0.4) is 0 Å². The number of sulfone groups is 1. The molecule has 0 spiro atoms. The van der Waals surface area contributed by atoms with E-state index in [9.17, 15) is 13.2 Å². The van der Waals surface area contributed by atoms with Crippen molar-refractivity contribution in [1.29, 1.82) is 0 Å². The number of carbonyl (C=O) groups excluding carboxylic acids is 1. The van der Waals surface area contributed by atoms with Crippen molar-refractivity contribution in [3.05, 3.63) is 46.4 Å². The van der Waals surface area contributed by atoms with Crippen LogP contribution in [0.15, 0.2) is 45.8 Å². The van der Waals surface area contributed by atoms with E-state index in [4.69, 9.17) is 0 Å². The Morgan fingerprint density at radius 1 is 1.25 bits per heavy atom. The van der Waals surface area contributed by atoms with Gasteiger partial charge >= 0.3 is 0 Å². The topological polar surface area (TPSA) is 89.0 Å². The van der Waals surface area contributed by atoms with Crippen LogP contribution in [0.25, 0.3) is 11.0 Å². The summed E-state index contributed by atoms with van der Waals surface area (Å²) in [6.45, 7) is 1.88. The fourth-order valence-electron chi connectivity index (χ4n) is 2.20. The van der Waals surface area contributed by atoms with Crippen LogP contribution in [0, 0.1) is 6.92 Å². The molecular weight excluding hydrogens is 414 g/mol. The van der Waals surface area contributed by atoms with Crippen LogP contribution in [0.4, 0.5) is 5.69 Å². The number of halogens is 1. The summed E-state index contributed by atoms with van der Waals surface area (Å²) in [5.41, 5.74) is 2.29. The Morgan fingerprint density at radius 3 is 2.79 bits per heavy atom. The predicted molar refractivity (Wildman–Crippen MR) is 97.0 cm³/mol. The highest BCUT2D eigenvalue weighted by atomic mass is 79.9. The lowest BCUT2D eigenvalue weighted by atomic mass is 10.2. The van der Waals surface area contributed by atoms with Crippen LogP contribution in [-0.2, 0) is 14.6 Å². The molecule has 0 radical (unpaired) electrons. The lowest BCUT2D eigenvalue weighted by Crippen LogP contribution is -2.23. The first-order chi connectivity index (χ1) is 11.4. The molecule has 0 aliphatic rings. The minimum atomic E-state index is -3.81. The van der Waals surface area contributed by atoms with Crippen LogP contribution in [0.5, 0.6) is 0 Å². The molecule has 0 aliphatic carbocycles. The fraction of sp³-hybridized carbons (Fsp3) is 0.133. The molecule has 9 heteroatoms. The summed E-state index contributed by atoms with van der Waals surface area (Å²) in [6.07, 6.45) is 0. The SMILES string of the molecule is Cc1cc(NC(=O)CS(=O)(=O)c2cccc3nsnc23)ccc1Br. The third-order valence-corrected chi connectivity index (χ3v) is 6.42. The Morgan fingerprint density at radius 2 is 2.04 bits per heavy atom. The van der Waals surface area contributed by atoms with E-state index < -0.39 is 21.5 Å². The molecule has 0 saturated heterocycles. The minimum absolute atomic E-state index is 0.0240. The average molecular weight is 426 g/mol. The first kappa shape index (κ1) is 17.0. The third kappa shape index (κ3) is 3.47. The molecule has 124 valence electrons. The lowest BCUT2D eigenvalue weighted by Gasteiger charge is -2.08. The van der Waals surface area contributed by atoms with E-state index in [2.05, 4.69) is 30.0 Å². The van der Waals surface area contributed by atoms with E-state index in [1.165, 1.54) is 6.07 Å². The standard InChI is InChI=1S/C15H12BrN3O3S2/c1-9-7-10(5-6-11(9)16)17-14(20)8-24(21,22)13-4-2-3-12-15(13)19-23-18-12/h2-7H,8H2,1H3,(H,17,20). The maximum Gasteiger partial charge on any atom is 0.239 e. The molecule has 24 heavy (non-hydrogen) atoms. The number of anilines is 1. The van der Waals surface area contributed by atoms with Gasteiger partial charge < -0.3 is 5.32 Å². The van der Waals surface area contributed by atoms with Crippen LogP contribution in [-0.4, -0.2) is 28.8 Å². The highest BCUT2D eigenvalue weighted by molar-refractivity contribution is 9.10. The Bertz CT molecular complexity index is 1030. The second-order valence-corrected chi connectivity index (χ2v) is 8.50. The van der Waals surface area contributed by atoms with Crippen LogP contribution >= 0.6 is 27.7 Å². The van der Waals surface area contributed by atoms with E-state index >= 15 is 0 Å². The van der Waals surface area contributed by atoms with E-state index in [1.54, 1.807) is 30.3 Å². The first-order valence-electron chi connectivity index (χ1n) is 6.87. The van der Waals surface area contributed by atoms with Crippen molar-refractivity contribution in [2.75, 3.05) is 11.1 Å². The predicted octanol–water partition coefficient (Wildman–Crippen LogP) is 3.17. The minimum Gasteiger partial charge on any atom is -0.325 e. The molecule has 0 unspecified atom stereocenters. The number of aryl methyl sites for hydroxylation is 1. The maximum atomic E-state index is 12.5. The van der Waals surface area contributed by atoms with E-state index in [0.717, 1.165) is 21.8 Å². The van der Waals surface area contributed by atoms with E-state index in [-0.39, 0.29) is 4.90 Å². The van der Waals surface area contributed by atoms with Gasteiger partial charge in [0.1, 0.15) is 16.8 Å². The maximum absolute atomic E-state index is 12.5. The normalized spacial score (nSPS) is 11.6. The number of aromatic nitrogens is 2. The van der Waals surface area contributed by atoms with Crippen molar-refractivity contribution in [1.82, 2.24) is 8.75 Å². The second kappa shape index (κ2) is 6.58. The summed E-state index contributed by atoms with van der Waals surface area (Å²) in [4.78, 5) is 12.2. The zero-order chi connectivity index (χ0) is 17.3. The average Bonchev–Trinajstić information content (AvgIpc) is 2.98. The van der Waals surface area contributed by atoms with Gasteiger partial charge in [-0.2, -0.15) is 8.75 Å². The van der Waals surface area contributed by atoms with Crippen LogP contribution in [0.2, 0.25) is 0 Å². The highest BCUT2D eigenvalue weighted by Gasteiger charge is 2.23. The number of hydrogen-bond acceptors (Lipinski definition) is 6. The molecular formula is C15H12BrN3O3S2.